The Morgan fingerprint density at radius 2 is 2.07 bits per heavy atom. The molecule has 0 fully saturated rings. The third-order valence-electron chi connectivity index (χ3n) is 1.09. The number of hydrogen-bond acceptors (Lipinski definition) is 3. The molecule has 0 aliphatic rings. The van der Waals surface area contributed by atoms with E-state index in [9.17, 15) is 18.0 Å². The lowest BCUT2D eigenvalue weighted by Crippen LogP contribution is -2.31. The third-order valence-corrected chi connectivity index (χ3v) is 1.09. The zero-order valence-corrected chi connectivity index (χ0v) is 7.69. The molecule has 0 saturated carbocycles. The van der Waals surface area contributed by atoms with E-state index in [2.05, 4.69) is 10.1 Å². The van der Waals surface area contributed by atoms with Gasteiger partial charge in [0.2, 0.25) is 0 Å². The van der Waals surface area contributed by atoms with E-state index in [0.29, 0.717) is 6.61 Å². The Morgan fingerprint density at radius 1 is 1.43 bits per heavy atom. The minimum Gasteiger partial charge on any atom is -0.440 e. The van der Waals surface area contributed by atoms with Gasteiger partial charge in [-0.1, -0.05) is 0 Å². The first-order chi connectivity index (χ1) is 6.45. The molecule has 0 radical (unpaired) electrons. The lowest BCUT2D eigenvalue weighted by molar-refractivity contribution is -0.160. The Kier molecular flexibility index (Phi) is 6.02. The second-order valence-corrected chi connectivity index (χ2v) is 2.32. The topological polar surface area (TPSA) is 47.6 Å². The van der Waals surface area contributed by atoms with Crippen molar-refractivity contribution in [2.45, 2.75) is 13.1 Å². The number of carbonyl (C=O) groups excluding carboxylic acids is 1. The molecule has 0 heterocycles. The first-order valence-electron chi connectivity index (χ1n) is 4.01. The molecule has 0 atom stereocenters. The largest absolute Gasteiger partial charge is 0.440 e. The fraction of sp³-hybridized carbons (Fsp3) is 0.857. The molecule has 7 heteroatoms. The van der Waals surface area contributed by atoms with Crippen LogP contribution in [0.15, 0.2) is 0 Å². The summed E-state index contributed by atoms with van der Waals surface area (Å²) in [4.78, 5) is 10.6. The van der Waals surface area contributed by atoms with Crippen molar-refractivity contribution < 1.29 is 27.4 Å². The average Bonchev–Trinajstić information content (AvgIpc) is 2.08. The van der Waals surface area contributed by atoms with Gasteiger partial charge in [0.05, 0.1) is 6.61 Å². The minimum atomic E-state index is -4.49. The van der Waals surface area contributed by atoms with Crippen LogP contribution in [0.2, 0.25) is 0 Å². The van der Waals surface area contributed by atoms with Crippen molar-refractivity contribution >= 4 is 6.09 Å². The molecule has 0 aliphatic carbocycles. The number of alkyl halides is 3. The van der Waals surface area contributed by atoms with E-state index < -0.39 is 18.9 Å². The first-order valence-corrected chi connectivity index (χ1v) is 4.01. The molecule has 84 valence electrons. The maximum atomic E-state index is 11.5. The van der Waals surface area contributed by atoms with Crippen LogP contribution in [0.3, 0.4) is 0 Å². The average molecular weight is 215 g/mol. The third kappa shape index (κ3) is 9.11. The lowest BCUT2D eigenvalue weighted by atomic mass is 10.6. The van der Waals surface area contributed by atoms with Gasteiger partial charge in [-0.2, -0.15) is 13.2 Å². The molecule has 1 amide bonds. The number of nitrogens with one attached hydrogen (secondary N) is 1. The summed E-state index contributed by atoms with van der Waals surface area (Å²) in [5.41, 5.74) is 0. The van der Waals surface area contributed by atoms with Crippen LogP contribution in [0, 0.1) is 0 Å². The van der Waals surface area contributed by atoms with Crippen molar-refractivity contribution in [1.29, 1.82) is 0 Å². The molecule has 0 spiro atoms. The molecular weight excluding hydrogens is 203 g/mol. The Hall–Kier alpha value is -0.980. The molecule has 0 rings (SSSR count). The van der Waals surface area contributed by atoms with Crippen LogP contribution in [0.1, 0.15) is 6.92 Å². The molecule has 0 unspecified atom stereocenters. The molecule has 0 aromatic rings. The van der Waals surface area contributed by atoms with E-state index in [4.69, 9.17) is 4.74 Å². The molecule has 0 saturated heterocycles. The fourth-order valence-corrected chi connectivity index (χ4v) is 0.568. The quantitative estimate of drug-likeness (QED) is 0.703. The summed E-state index contributed by atoms with van der Waals surface area (Å²) in [6.45, 7) is 1.05. The highest BCUT2D eigenvalue weighted by molar-refractivity contribution is 5.67. The van der Waals surface area contributed by atoms with Crippen LogP contribution >= 0.6 is 0 Å². The van der Waals surface area contributed by atoms with Crippen LogP contribution in [0.25, 0.3) is 0 Å². The number of ether oxygens (including phenoxy) is 2. The monoisotopic (exact) mass is 215 g/mol. The van der Waals surface area contributed by atoms with E-state index in [1.165, 1.54) is 0 Å². The normalized spacial score (nSPS) is 11.1. The van der Waals surface area contributed by atoms with Crippen LogP contribution in [-0.2, 0) is 9.47 Å². The molecular formula is C7H12F3NO3. The van der Waals surface area contributed by atoms with Gasteiger partial charge in [-0.25, -0.2) is 4.79 Å². The zero-order chi connectivity index (χ0) is 11.0. The van der Waals surface area contributed by atoms with E-state index in [1.807, 2.05) is 0 Å². The fourth-order valence-electron chi connectivity index (χ4n) is 0.568. The van der Waals surface area contributed by atoms with Crippen LogP contribution < -0.4 is 5.32 Å². The highest BCUT2D eigenvalue weighted by Crippen LogP contribution is 2.14. The van der Waals surface area contributed by atoms with Gasteiger partial charge in [-0.15, -0.1) is 0 Å². The lowest BCUT2D eigenvalue weighted by Gasteiger charge is -2.08. The van der Waals surface area contributed by atoms with Crippen molar-refractivity contribution in [3.05, 3.63) is 0 Å². The van der Waals surface area contributed by atoms with E-state index in [1.54, 1.807) is 6.92 Å². The summed E-state index contributed by atoms with van der Waals surface area (Å²) in [5.74, 6) is 0. The van der Waals surface area contributed by atoms with Gasteiger partial charge in [0, 0.05) is 13.2 Å². The summed E-state index contributed by atoms with van der Waals surface area (Å²) in [7, 11) is 0. The van der Waals surface area contributed by atoms with Crippen LogP contribution in [0.4, 0.5) is 18.0 Å². The highest BCUT2D eigenvalue weighted by Gasteiger charge is 2.29. The summed E-state index contributed by atoms with van der Waals surface area (Å²) in [6, 6.07) is 0. The summed E-state index contributed by atoms with van der Waals surface area (Å²) in [5, 5.41) is 2.10. The molecule has 0 aromatic heterocycles. The second kappa shape index (κ2) is 6.47. The number of hydrogen-bond donors (Lipinski definition) is 1. The molecule has 0 aliphatic heterocycles. The Morgan fingerprint density at radius 3 is 2.57 bits per heavy atom. The molecule has 1 N–H and O–H groups in total. The SMILES string of the molecule is CCOCCNC(=O)OCC(F)(F)F. The van der Waals surface area contributed by atoms with E-state index in [-0.39, 0.29) is 13.2 Å². The van der Waals surface area contributed by atoms with Crippen molar-refractivity contribution in [3.63, 3.8) is 0 Å². The predicted octanol–water partition coefficient (Wildman–Crippen LogP) is 1.31. The molecule has 4 nitrogen and oxygen atoms in total. The van der Waals surface area contributed by atoms with Gasteiger partial charge < -0.3 is 14.8 Å². The summed E-state index contributed by atoms with van der Waals surface area (Å²) < 4.78 is 43.3. The predicted molar refractivity (Wildman–Crippen MR) is 41.9 cm³/mol. The van der Waals surface area contributed by atoms with E-state index >= 15 is 0 Å². The second-order valence-electron chi connectivity index (χ2n) is 2.32. The van der Waals surface area contributed by atoms with Crippen LogP contribution in [0.5, 0.6) is 0 Å². The van der Waals surface area contributed by atoms with Crippen LogP contribution in [-0.4, -0.2) is 38.6 Å². The van der Waals surface area contributed by atoms with Gasteiger partial charge in [0.25, 0.3) is 0 Å². The number of rotatable bonds is 5. The number of alkyl carbamates (subject to hydrolysis) is 1. The summed E-state index contributed by atoms with van der Waals surface area (Å²) in [6.07, 6.45) is -5.58. The summed E-state index contributed by atoms with van der Waals surface area (Å²) >= 11 is 0. The van der Waals surface area contributed by atoms with Crippen molar-refractivity contribution in [2.75, 3.05) is 26.4 Å². The maximum Gasteiger partial charge on any atom is 0.422 e. The Balaban J connectivity index is 3.38. The van der Waals surface area contributed by atoms with Crippen molar-refractivity contribution in [3.8, 4) is 0 Å². The Bertz CT molecular complexity index is 172. The van der Waals surface area contributed by atoms with Gasteiger partial charge >= 0.3 is 12.3 Å². The van der Waals surface area contributed by atoms with Crippen molar-refractivity contribution in [2.24, 2.45) is 0 Å². The van der Waals surface area contributed by atoms with Crippen molar-refractivity contribution in [1.82, 2.24) is 5.32 Å². The molecule has 0 aromatic carbocycles. The smallest absolute Gasteiger partial charge is 0.422 e. The van der Waals surface area contributed by atoms with Gasteiger partial charge in [-0.05, 0) is 6.92 Å². The first kappa shape index (κ1) is 13.0. The molecule has 14 heavy (non-hydrogen) atoms. The molecule has 0 bridgehead atoms. The zero-order valence-electron chi connectivity index (χ0n) is 7.69. The van der Waals surface area contributed by atoms with Gasteiger partial charge in [0.1, 0.15) is 0 Å². The van der Waals surface area contributed by atoms with Gasteiger partial charge in [-0.3, -0.25) is 0 Å². The number of carbonyl (C=O) groups is 1. The highest BCUT2D eigenvalue weighted by atomic mass is 19.4. The Labute approximate surface area is 79.4 Å². The number of amides is 1. The van der Waals surface area contributed by atoms with Gasteiger partial charge in [0.15, 0.2) is 6.61 Å². The maximum absolute atomic E-state index is 11.5. The number of halogens is 3. The van der Waals surface area contributed by atoms with E-state index in [0.717, 1.165) is 0 Å². The minimum absolute atomic E-state index is 0.129. The standard InChI is InChI=1S/C7H12F3NO3/c1-2-13-4-3-11-6(12)14-5-7(8,9)10/h2-5H2,1H3,(H,11,12).